The van der Waals surface area contributed by atoms with Gasteiger partial charge in [0.1, 0.15) is 29.5 Å². The SMILES string of the molecule is CNC(=O)[C@H]1NC(=O)[C@@H](C)NC(=O)[C@@H](NC(=O)OC(C)(C)C)CCn2nncc2-c2cc1ccc2OC. The molecule has 4 amide bonds. The number of hydrogen-bond acceptors (Lipinski definition) is 8. The van der Waals surface area contributed by atoms with Gasteiger partial charge in [0.25, 0.3) is 0 Å². The van der Waals surface area contributed by atoms with E-state index in [1.54, 1.807) is 43.7 Å². The van der Waals surface area contributed by atoms with E-state index in [-0.39, 0.29) is 13.0 Å². The van der Waals surface area contributed by atoms with Crippen LogP contribution in [0.15, 0.2) is 24.4 Å². The number of likely N-dealkylation sites (N-methyl/N-ethyl adjacent to an activating group) is 1. The number of alkyl carbamates (subject to hydrolysis) is 1. The van der Waals surface area contributed by atoms with E-state index in [4.69, 9.17) is 9.47 Å². The number of aromatic nitrogens is 3. The minimum absolute atomic E-state index is 0.124. The standard InChI is InChI=1S/C24H33N7O6/c1-13-20(32)29-19(22(34)25-5)14-7-8-18(36-6)15(11-14)17-12-26-30-31(17)10-9-16(21(33)27-13)28-23(35)37-24(2,3)4/h7-8,11-13,16,19H,9-10H2,1-6H3,(H,25,34)(H,27,33)(H,28,35)(H,29,32)/t13-,16+,19+/m1/s1. The van der Waals surface area contributed by atoms with Gasteiger partial charge < -0.3 is 30.7 Å². The van der Waals surface area contributed by atoms with Gasteiger partial charge in [-0.1, -0.05) is 11.3 Å². The predicted octanol–water partition coefficient (Wildman–Crippen LogP) is 0.659. The summed E-state index contributed by atoms with van der Waals surface area (Å²) in [5.74, 6) is -1.14. The molecule has 1 aromatic heterocycles. The number of benzene rings is 1. The van der Waals surface area contributed by atoms with Crippen LogP contribution in [0.4, 0.5) is 4.79 Å². The molecule has 0 saturated heterocycles. The summed E-state index contributed by atoms with van der Waals surface area (Å²) in [6, 6.07) is 1.97. The number of carbonyl (C=O) groups is 4. The lowest BCUT2D eigenvalue weighted by Gasteiger charge is -2.26. The van der Waals surface area contributed by atoms with Gasteiger partial charge in [-0.3, -0.25) is 14.4 Å². The van der Waals surface area contributed by atoms with E-state index < -0.39 is 47.5 Å². The third kappa shape index (κ3) is 6.74. The van der Waals surface area contributed by atoms with Gasteiger partial charge in [-0.15, -0.1) is 5.10 Å². The molecule has 2 aromatic rings. The van der Waals surface area contributed by atoms with Crippen molar-refractivity contribution in [3.8, 4) is 17.0 Å². The van der Waals surface area contributed by atoms with Gasteiger partial charge in [-0.25, -0.2) is 9.48 Å². The van der Waals surface area contributed by atoms with E-state index in [1.165, 1.54) is 27.3 Å². The second-order valence-electron chi connectivity index (χ2n) is 9.58. The van der Waals surface area contributed by atoms with E-state index >= 15 is 0 Å². The smallest absolute Gasteiger partial charge is 0.408 e. The molecular weight excluding hydrogens is 482 g/mol. The molecule has 13 nitrogen and oxygen atoms in total. The van der Waals surface area contributed by atoms with Crippen molar-refractivity contribution in [2.24, 2.45) is 0 Å². The topological polar surface area (TPSA) is 166 Å². The van der Waals surface area contributed by atoms with Crippen LogP contribution in [0, 0.1) is 0 Å². The van der Waals surface area contributed by atoms with Crippen molar-refractivity contribution in [3.05, 3.63) is 30.0 Å². The Morgan fingerprint density at radius 2 is 1.89 bits per heavy atom. The second-order valence-corrected chi connectivity index (χ2v) is 9.58. The molecule has 4 N–H and O–H groups in total. The lowest BCUT2D eigenvalue weighted by Crippen LogP contribution is -2.54. The Morgan fingerprint density at radius 1 is 1.16 bits per heavy atom. The lowest BCUT2D eigenvalue weighted by atomic mass is 10.00. The molecule has 0 aliphatic carbocycles. The van der Waals surface area contributed by atoms with Crippen LogP contribution < -0.4 is 26.0 Å². The zero-order chi connectivity index (χ0) is 27.3. The fraction of sp³-hybridized carbons (Fsp3) is 0.500. The highest BCUT2D eigenvalue weighted by atomic mass is 16.6. The van der Waals surface area contributed by atoms with Gasteiger partial charge in [-0.05, 0) is 51.8 Å². The Kier molecular flexibility index (Phi) is 8.35. The van der Waals surface area contributed by atoms with E-state index in [0.717, 1.165) is 0 Å². The molecule has 0 fully saturated rings. The summed E-state index contributed by atoms with van der Waals surface area (Å²) in [6.07, 6.45) is 0.872. The van der Waals surface area contributed by atoms with Crippen molar-refractivity contribution in [2.45, 2.75) is 64.4 Å². The molecular formula is C24H33N7O6. The van der Waals surface area contributed by atoms with Gasteiger partial charge in [-0.2, -0.15) is 0 Å². The maximum Gasteiger partial charge on any atom is 0.408 e. The molecule has 1 aliphatic rings. The quantitative estimate of drug-likeness (QED) is 0.463. The second kappa shape index (κ2) is 11.3. The molecule has 1 aliphatic heterocycles. The number of carbonyl (C=O) groups excluding carboxylic acids is 4. The summed E-state index contributed by atoms with van der Waals surface area (Å²) in [7, 11) is 2.97. The van der Waals surface area contributed by atoms with Crippen LogP contribution in [0.5, 0.6) is 5.75 Å². The zero-order valence-corrected chi connectivity index (χ0v) is 21.7. The third-order valence-electron chi connectivity index (χ3n) is 5.63. The van der Waals surface area contributed by atoms with Gasteiger partial charge in [0, 0.05) is 19.2 Å². The fourth-order valence-electron chi connectivity index (χ4n) is 3.80. The third-order valence-corrected chi connectivity index (χ3v) is 5.63. The first-order valence-electron chi connectivity index (χ1n) is 11.8. The molecule has 1 aromatic carbocycles. The van der Waals surface area contributed by atoms with Gasteiger partial charge in [0.05, 0.1) is 19.0 Å². The van der Waals surface area contributed by atoms with Crippen LogP contribution in [-0.4, -0.2) is 70.7 Å². The number of fused-ring (bicyclic) bond motifs is 4. The number of amides is 4. The van der Waals surface area contributed by atoms with Crippen LogP contribution in [0.25, 0.3) is 11.3 Å². The first-order valence-corrected chi connectivity index (χ1v) is 11.8. The van der Waals surface area contributed by atoms with Crippen LogP contribution in [0.3, 0.4) is 0 Å². The van der Waals surface area contributed by atoms with Gasteiger partial charge in [0.2, 0.25) is 17.7 Å². The van der Waals surface area contributed by atoms with Crippen molar-refractivity contribution in [2.75, 3.05) is 14.2 Å². The number of nitrogens with one attached hydrogen (secondary N) is 4. The summed E-state index contributed by atoms with van der Waals surface area (Å²) in [5.41, 5.74) is 0.864. The molecule has 0 unspecified atom stereocenters. The summed E-state index contributed by atoms with van der Waals surface area (Å²) in [5, 5.41) is 18.6. The number of methoxy groups -OCH3 is 1. The number of rotatable bonds is 3. The minimum Gasteiger partial charge on any atom is -0.496 e. The Hall–Kier alpha value is -4.16. The molecule has 200 valence electrons. The summed E-state index contributed by atoms with van der Waals surface area (Å²) >= 11 is 0. The molecule has 0 saturated carbocycles. The van der Waals surface area contributed by atoms with Crippen molar-refractivity contribution in [1.29, 1.82) is 0 Å². The molecule has 3 atom stereocenters. The molecule has 37 heavy (non-hydrogen) atoms. The first kappa shape index (κ1) is 27.4. The number of ether oxygens (including phenoxy) is 2. The van der Waals surface area contributed by atoms with E-state index in [1.807, 2.05) is 0 Å². The van der Waals surface area contributed by atoms with Crippen LogP contribution >= 0.6 is 0 Å². The number of hydrogen-bond donors (Lipinski definition) is 4. The Labute approximate surface area is 214 Å². The average Bonchev–Trinajstić information content (AvgIpc) is 3.30. The fourth-order valence-corrected chi connectivity index (χ4v) is 3.80. The Bertz CT molecular complexity index is 1170. The summed E-state index contributed by atoms with van der Waals surface area (Å²) in [6.45, 7) is 6.80. The number of aryl methyl sites for hydroxylation is 1. The molecule has 2 bridgehead atoms. The predicted molar refractivity (Wildman–Crippen MR) is 132 cm³/mol. The highest BCUT2D eigenvalue weighted by Gasteiger charge is 2.30. The Morgan fingerprint density at radius 3 is 2.54 bits per heavy atom. The molecule has 13 heteroatoms. The average molecular weight is 516 g/mol. The maximum absolute atomic E-state index is 13.1. The normalized spacial score (nSPS) is 20.4. The summed E-state index contributed by atoms with van der Waals surface area (Å²) in [4.78, 5) is 51.3. The molecule has 0 radical (unpaired) electrons. The largest absolute Gasteiger partial charge is 0.496 e. The monoisotopic (exact) mass is 515 g/mol. The van der Waals surface area contributed by atoms with Crippen molar-refractivity contribution in [3.63, 3.8) is 0 Å². The highest BCUT2D eigenvalue weighted by Crippen LogP contribution is 2.32. The van der Waals surface area contributed by atoms with Gasteiger partial charge >= 0.3 is 6.09 Å². The molecule has 3 rings (SSSR count). The van der Waals surface area contributed by atoms with Crippen LogP contribution in [-0.2, 0) is 25.7 Å². The van der Waals surface area contributed by atoms with E-state index in [0.29, 0.717) is 22.6 Å². The highest BCUT2D eigenvalue weighted by molar-refractivity contribution is 5.94. The van der Waals surface area contributed by atoms with Crippen LogP contribution in [0.2, 0.25) is 0 Å². The molecule has 2 heterocycles. The van der Waals surface area contributed by atoms with Crippen LogP contribution in [0.1, 0.15) is 45.7 Å². The van der Waals surface area contributed by atoms with E-state index in [2.05, 4.69) is 31.6 Å². The zero-order valence-electron chi connectivity index (χ0n) is 21.7. The van der Waals surface area contributed by atoms with Crippen molar-refractivity contribution < 1.29 is 28.7 Å². The van der Waals surface area contributed by atoms with Crippen molar-refractivity contribution >= 4 is 23.8 Å². The van der Waals surface area contributed by atoms with Crippen molar-refractivity contribution in [1.82, 2.24) is 36.3 Å². The first-order chi connectivity index (χ1) is 17.4. The molecule has 0 spiro atoms. The minimum atomic E-state index is -1.05. The lowest BCUT2D eigenvalue weighted by molar-refractivity contribution is -0.132. The Balaban J connectivity index is 2.06. The number of nitrogens with zero attached hydrogens (tertiary/aromatic N) is 3. The maximum atomic E-state index is 13.1. The van der Waals surface area contributed by atoms with E-state index in [9.17, 15) is 19.2 Å². The van der Waals surface area contributed by atoms with Gasteiger partial charge in [0.15, 0.2) is 0 Å². The summed E-state index contributed by atoms with van der Waals surface area (Å²) < 4.78 is 12.4.